The van der Waals surface area contributed by atoms with E-state index in [-0.39, 0.29) is 68.2 Å². The second-order valence-electron chi connectivity index (χ2n) is 11.4. The first kappa shape index (κ1) is 31.9. The summed E-state index contributed by atoms with van der Waals surface area (Å²) < 4.78 is 87.9. The number of alkyl halides is 2. The van der Waals surface area contributed by atoms with E-state index in [2.05, 4.69) is 68.5 Å². The lowest BCUT2D eigenvalue weighted by molar-refractivity contribution is -0.0503. The van der Waals surface area contributed by atoms with Gasteiger partial charge in [-0.2, -0.15) is 8.78 Å². The van der Waals surface area contributed by atoms with Gasteiger partial charge >= 0.3 is 6.61 Å². The molecule has 3 fully saturated rings. The molecule has 3 aromatic carbocycles. The van der Waals surface area contributed by atoms with Crippen molar-refractivity contribution in [3.05, 3.63) is 66.5 Å². The number of amides is 3. The van der Waals surface area contributed by atoms with E-state index in [1.165, 1.54) is 31.4 Å². The summed E-state index contributed by atoms with van der Waals surface area (Å²) in [6.07, 6.45) is 5.35. The molecule has 0 heterocycles. The molecule has 276 valence electrons. The van der Waals surface area contributed by atoms with E-state index in [9.17, 15) is 33.4 Å². The lowest BCUT2D eigenvalue weighted by Gasteiger charge is -2.14. The van der Waals surface area contributed by atoms with Gasteiger partial charge in [0.05, 0.1) is 29.4 Å². The predicted molar refractivity (Wildman–Crippen MR) is 194 cm³/mol. The zero-order valence-electron chi connectivity index (χ0n) is 32.7. The second-order valence-corrected chi connectivity index (χ2v) is 14.2. The van der Waals surface area contributed by atoms with Gasteiger partial charge in [0.2, 0.25) is 0 Å². The van der Waals surface area contributed by atoms with E-state index in [0.29, 0.717) is 14.7 Å². The summed E-state index contributed by atoms with van der Waals surface area (Å²) in [6.45, 7) is -3.16. The number of carbonyl (C=O) groups excluding carboxylic acids is 3. The molecule has 51 heavy (non-hydrogen) atoms. The number of phenols is 2. The third-order valence-electron chi connectivity index (χ3n) is 7.20. The average Bonchev–Trinajstić information content (AvgIpc) is 3.89. The van der Waals surface area contributed by atoms with Crippen LogP contribution in [0.5, 0.6) is 34.5 Å². The smallest absolute Gasteiger partial charge is 0.387 e. The first-order valence-corrected chi connectivity index (χ1v) is 17.6. The van der Waals surface area contributed by atoms with Crippen molar-refractivity contribution in [1.29, 1.82) is 0 Å². The maximum absolute atomic E-state index is 12.5. The quantitative estimate of drug-likeness (QED) is 0.136. The standard InChI is InChI=1S/C12H12BrF2NO3.2C11H12BrNO3/c1-18-8-4-6(13)5-9(19-12(14)15)10(8)11(17)16-7-2-3-7;2*1-16-9-5-6(12)4-8(14)10(9)11(15)13-7-2-3-7/h4-5,7,12H,2-3H2,1H3,(H,16,17);2*4-5,7,14H,2-3H2,1H3,(H,13,15)/i2*1D3;. The number of carbonyl (C=O) groups is 3. The van der Waals surface area contributed by atoms with Crippen LogP contribution in [0, 0.1) is 0 Å². The number of aromatic hydroxyl groups is 2. The van der Waals surface area contributed by atoms with Crippen molar-refractivity contribution in [1.82, 2.24) is 16.0 Å². The molecule has 0 aromatic heterocycles. The van der Waals surface area contributed by atoms with E-state index < -0.39 is 38.3 Å². The van der Waals surface area contributed by atoms with Crippen molar-refractivity contribution in [2.24, 2.45) is 0 Å². The van der Waals surface area contributed by atoms with Gasteiger partial charge in [0.1, 0.15) is 51.2 Å². The Balaban J connectivity index is 0.000000192. The number of ether oxygens (including phenoxy) is 4. The minimum absolute atomic E-state index is 0.0452. The Morgan fingerprint density at radius 1 is 0.647 bits per heavy atom. The van der Waals surface area contributed by atoms with Gasteiger partial charge in [0, 0.05) is 31.5 Å². The molecule has 0 aliphatic heterocycles. The van der Waals surface area contributed by atoms with Gasteiger partial charge in [-0.15, -0.1) is 0 Å². The second kappa shape index (κ2) is 18.1. The molecule has 0 saturated heterocycles. The fourth-order valence-corrected chi connectivity index (χ4v) is 5.61. The SMILES string of the molecule is COc1cc(Br)cc(O)c1C(=O)NC1CC1.[2H]C([2H])([2H])Oc1cc(Br)cc(O)c1C(=O)NC1CC1.[2H]C([2H])([2H])Oc1cc(Br)cc(OC(F)F)c1C(=O)NC1CC1. The fourth-order valence-electron chi connectivity index (χ4n) is 4.34. The number of halogens is 5. The number of methoxy groups -OCH3 is 3. The van der Waals surface area contributed by atoms with Crippen LogP contribution < -0.4 is 34.9 Å². The molecule has 0 bridgehead atoms. The van der Waals surface area contributed by atoms with Crippen LogP contribution in [0.4, 0.5) is 8.78 Å². The van der Waals surface area contributed by atoms with Gasteiger partial charge in [-0.05, 0) is 74.9 Å². The van der Waals surface area contributed by atoms with E-state index in [1.807, 2.05) is 0 Å². The van der Waals surface area contributed by atoms with Crippen LogP contribution in [0.15, 0.2) is 49.8 Å². The molecular formula is C34H36Br3F2N3O9. The van der Waals surface area contributed by atoms with E-state index in [1.54, 1.807) is 6.07 Å². The normalized spacial score (nSPS) is 16.8. The summed E-state index contributed by atoms with van der Waals surface area (Å²) in [4.78, 5) is 36.0. The van der Waals surface area contributed by atoms with E-state index >= 15 is 0 Å². The lowest BCUT2D eigenvalue weighted by Crippen LogP contribution is -2.26. The Bertz CT molecular complexity index is 1970. The third kappa shape index (κ3) is 11.9. The van der Waals surface area contributed by atoms with Crippen molar-refractivity contribution in [2.75, 3.05) is 21.2 Å². The van der Waals surface area contributed by atoms with Crippen LogP contribution in [0.3, 0.4) is 0 Å². The highest BCUT2D eigenvalue weighted by atomic mass is 79.9. The molecule has 3 aliphatic carbocycles. The van der Waals surface area contributed by atoms with Crippen LogP contribution >= 0.6 is 47.8 Å². The number of rotatable bonds is 11. The van der Waals surface area contributed by atoms with Gasteiger partial charge < -0.3 is 45.1 Å². The Hall–Kier alpha value is -3.83. The number of nitrogens with one attached hydrogen (secondary N) is 3. The molecule has 3 amide bonds. The minimum atomic E-state index is -3.16. The number of phenolic OH excluding ortho intramolecular Hbond substituents is 2. The first-order chi connectivity index (χ1) is 26.5. The van der Waals surface area contributed by atoms with Crippen LogP contribution in [-0.4, -0.2) is 73.9 Å². The largest absolute Gasteiger partial charge is 0.507 e. The highest BCUT2D eigenvalue weighted by Gasteiger charge is 2.30. The summed E-state index contributed by atoms with van der Waals surface area (Å²) in [6, 6.07) is 8.45. The molecule has 3 aliphatic rings. The Morgan fingerprint density at radius 3 is 1.33 bits per heavy atom. The molecule has 3 aromatic rings. The average molecular weight is 914 g/mol. The Kier molecular flexibility index (Phi) is 11.3. The molecule has 17 heteroatoms. The molecule has 0 radical (unpaired) electrons. The van der Waals surface area contributed by atoms with Crippen molar-refractivity contribution in [2.45, 2.75) is 63.3 Å². The maximum atomic E-state index is 12.5. The summed E-state index contributed by atoms with van der Waals surface area (Å²) in [7, 11) is -4.06. The summed E-state index contributed by atoms with van der Waals surface area (Å²) in [5.74, 6) is -2.57. The first-order valence-electron chi connectivity index (χ1n) is 18.2. The Morgan fingerprint density at radius 2 is 0.980 bits per heavy atom. The molecule has 5 N–H and O–H groups in total. The van der Waals surface area contributed by atoms with Crippen LogP contribution in [-0.2, 0) is 0 Å². The van der Waals surface area contributed by atoms with Crippen molar-refractivity contribution in [3.63, 3.8) is 0 Å². The lowest BCUT2D eigenvalue weighted by atomic mass is 10.1. The summed E-state index contributed by atoms with van der Waals surface area (Å²) in [5.41, 5.74) is -0.338. The van der Waals surface area contributed by atoms with Crippen LogP contribution in [0.1, 0.15) is 77.8 Å². The molecule has 0 spiro atoms. The molecule has 12 nitrogen and oxygen atoms in total. The molecule has 0 atom stereocenters. The van der Waals surface area contributed by atoms with Gasteiger partial charge in [0.15, 0.2) is 0 Å². The molecule has 0 unspecified atom stereocenters. The van der Waals surface area contributed by atoms with Gasteiger partial charge in [-0.3, -0.25) is 14.4 Å². The van der Waals surface area contributed by atoms with Crippen molar-refractivity contribution >= 4 is 65.5 Å². The number of benzene rings is 3. The highest BCUT2D eigenvalue weighted by molar-refractivity contribution is 9.11. The van der Waals surface area contributed by atoms with Crippen molar-refractivity contribution in [3.8, 4) is 34.5 Å². The molecule has 3 saturated carbocycles. The molecule has 6 rings (SSSR count). The van der Waals surface area contributed by atoms with Crippen LogP contribution in [0.25, 0.3) is 0 Å². The molecular weight excluding hydrogens is 872 g/mol. The van der Waals surface area contributed by atoms with Crippen molar-refractivity contribution < 1.29 is 60.5 Å². The van der Waals surface area contributed by atoms with E-state index in [4.69, 9.17) is 22.4 Å². The minimum Gasteiger partial charge on any atom is -0.507 e. The number of hydrogen-bond donors (Lipinski definition) is 5. The summed E-state index contributed by atoms with van der Waals surface area (Å²) >= 11 is 9.38. The van der Waals surface area contributed by atoms with Gasteiger partial charge in [-0.25, -0.2) is 0 Å². The fraction of sp³-hybridized carbons (Fsp3) is 0.382. The monoisotopic (exact) mass is 911 g/mol. The highest BCUT2D eigenvalue weighted by Crippen LogP contribution is 2.36. The van der Waals surface area contributed by atoms with Crippen LogP contribution in [0.2, 0.25) is 0 Å². The summed E-state index contributed by atoms with van der Waals surface area (Å²) in [5, 5.41) is 27.6. The van der Waals surface area contributed by atoms with Gasteiger partial charge in [0.25, 0.3) is 17.7 Å². The zero-order chi connectivity index (χ0) is 42.4. The third-order valence-corrected chi connectivity index (χ3v) is 8.57. The zero-order valence-corrected chi connectivity index (χ0v) is 31.4. The Labute approximate surface area is 326 Å². The maximum Gasteiger partial charge on any atom is 0.387 e. The van der Waals surface area contributed by atoms with Gasteiger partial charge in [-0.1, -0.05) is 47.8 Å². The van der Waals surface area contributed by atoms with E-state index in [0.717, 1.165) is 44.6 Å². The predicted octanol–water partition coefficient (Wildman–Crippen LogP) is 7.06. The topological polar surface area (TPSA) is 165 Å². The number of hydrogen-bond acceptors (Lipinski definition) is 9.